The van der Waals surface area contributed by atoms with Crippen molar-refractivity contribution in [3.63, 3.8) is 0 Å². The number of nitrogens with zero attached hydrogens (tertiary/aromatic N) is 3. The Hall–Kier alpha value is -2.52. The van der Waals surface area contributed by atoms with Gasteiger partial charge >= 0.3 is 6.03 Å². The molecule has 0 aromatic heterocycles. The first-order valence-electron chi connectivity index (χ1n) is 8.92. The second kappa shape index (κ2) is 8.92. The third-order valence-corrected chi connectivity index (χ3v) is 4.62. The Bertz CT molecular complexity index is 691. The van der Waals surface area contributed by atoms with Gasteiger partial charge < -0.3 is 14.5 Å². The second-order valence-corrected chi connectivity index (χ2v) is 6.61. The van der Waals surface area contributed by atoms with Gasteiger partial charge in [-0.3, -0.25) is 19.8 Å². The van der Waals surface area contributed by atoms with Crippen LogP contribution in [0.15, 0.2) is 24.3 Å². The number of imide groups is 1. The Labute approximate surface area is 156 Å². The van der Waals surface area contributed by atoms with E-state index in [4.69, 9.17) is 4.74 Å². The molecule has 146 valence electrons. The van der Waals surface area contributed by atoms with Crippen LogP contribution in [0.25, 0.3) is 0 Å². The maximum atomic E-state index is 13.1. The predicted molar refractivity (Wildman–Crippen MR) is 94.2 cm³/mol. The molecule has 2 fully saturated rings. The Morgan fingerprint density at radius 3 is 2.52 bits per heavy atom. The van der Waals surface area contributed by atoms with Gasteiger partial charge in [0, 0.05) is 32.7 Å². The number of amides is 4. The quantitative estimate of drug-likeness (QED) is 0.678. The third kappa shape index (κ3) is 5.48. The summed E-state index contributed by atoms with van der Waals surface area (Å²) in [4.78, 5) is 40.8. The number of benzene rings is 1. The monoisotopic (exact) mass is 378 g/mol. The number of carbonyl (C=O) groups is 3. The molecule has 9 heteroatoms. The molecule has 0 spiro atoms. The molecule has 2 aliphatic rings. The fourth-order valence-electron chi connectivity index (χ4n) is 3.06. The van der Waals surface area contributed by atoms with Crippen molar-refractivity contribution in [2.24, 2.45) is 0 Å². The maximum absolute atomic E-state index is 13.1. The lowest BCUT2D eigenvalue weighted by Crippen LogP contribution is -2.46. The number of rotatable bonds is 7. The summed E-state index contributed by atoms with van der Waals surface area (Å²) in [6, 6.07) is 5.43. The van der Waals surface area contributed by atoms with Crippen LogP contribution in [0.5, 0.6) is 0 Å². The summed E-state index contributed by atoms with van der Waals surface area (Å²) in [7, 11) is 0. The van der Waals surface area contributed by atoms with Gasteiger partial charge in [0.2, 0.25) is 11.8 Å². The highest BCUT2D eigenvalue weighted by molar-refractivity contribution is 6.03. The molecular weight excluding hydrogens is 355 g/mol. The Morgan fingerprint density at radius 1 is 1.19 bits per heavy atom. The molecule has 2 aliphatic heterocycles. The van der Waals surface area contributed by atoms with E-state index >= 15 is 0 Å². The van der Waals surface area contributed by atoms with E-state index in [1.807, 2.05) is 0 Å². The lowest BCUT2D eigenvalue weighted by molar-refractivity contribution is -0.132. The number of ether oxygens (including phenoxy) is 1. The van der Waals surface area contributed by atoms with Crippen LogP contribution >= 0.6 is 0 Å². The molecule has 1 N–H and O–H groups in total. The maximum Gasteiger partial charge on any atom is 0.325 e. The molecule has 0 radical (unpaired) electrons. The number of morpholine rings is 1. The predicted octanol–water partition coefficient (Wildman–Crippen LogP) is 0.0383. The molecule has 0 bridgehead atoms. The highest BCUT2D eigenvalue weighted by atomic mass is 19.1. The van der Waals surface area contributed by atoms with Gasteiger partial charge in [-0.25, -0.2) is 9.18 Å². The van der Waals surface area contributed by atoms with Crippen LogP contribution in [-0.4, -0.2) is 85.0 Å². The number of halogens is 1. The molecule has 0 saturated carbocycles. The van der Waals surface area contributed by atoms with Crippen molar-refractivity contribution in [2.75, 3.05) is 52.5 Å². The molecule has 3 rings (SSSR count). The number of hydrogen-bond donors (Lipinski definition) is 1. The fourth-order valence-corrected chi connectivity index (χ4v) is 3.06. The average molecular weight is 378 g/mol. The van der Waals surface area contributed by atoms with Crippen molar-refractivity contribution < 1.29 is 23.5 Å². The van der Waals surface area contributed by atoms with Crippen LogP contribution in [-0.2, 0) is 20.9 Å². The van der Waals surface area contributed by atoms with Crippen molar-refractivity contribution in [1.82, 2.24) is 20.0 Å². The summed E-state index contributed by atoms with van der Waals surface area (Å²) in [5.41, 5.74) is 0.800. The van der Waals surface area contributed by atoms with Gasteiger partial charge in [0.05, 0.1) is 13.2 Å². The first-order chi connectivity index (χ1) is 13.0. The van der Waals surface area contributed by atoms with Crippen LogP contribution in [0.4, 0.5) is 9.18 Å². The Kier molecular flexibility index (Phi) is 6.36. The number of carbonyl (C=O) groups excluding carboxylic acids is 3. The van der Waals surface area contributed by atoms with Crippen molar-refractivity contribution in [1.29, 1.82) is 0 Å². The molecule has 0 atom stereocenters. The van der Waals surface area contributed by atoms with Crippen LogP contribution < -0.4 is 5.32 Å². The van der Waals surface area contributed by atoms with Crippen LogP contribution in [0, 0.1) is 5.82 Å². The van der Waals surface area contributed by atoms with Gasteiger partial charge in [-0.05, 0) is 17.7 Å². The van der Waals surface area contributed by atoms with Gasteiger partial charge in [-0.15, -0.1) is 0 Å². The summed E-state index contributed by atoms with van der Waals surface area (Å²) in [5.74, 6) is -0.999. The summed E-state index contributed by atoms with van der Waals surface area (Å²) in [5, 5.41) is 2.16. The summed E-state index contributed by atoms with van der Waals surface area (Å²) in [6.45, 7) is 4.14. The number of nitrogens with one attached hydrogen (secondary N) is 1. The topological polar surface area (TPSA) is 82.2 Å². The highest BCUT2D eigenvalue weighted by Crippen LogP contribution is 2.09. The lowest BCUT2D eigenvalue weighted by Gasteiger charge is -2.30. The molecule has 4 amide bonds. The van der Waals surface area contributed by atoms with E-state index < -0.39 is 11.9 Å². The number of hydrogen-bond acceptors (Lipinski definition) is 5. The molecule has 1 aromatic carbocycles. The summed E-state index contributed by atoms with van der Waals surface area (Å²) < 4.78 is 18.5. The zero-order valence-corrected chi connectivity index (χ0v) is 15.0. The fraction of sp³-hybridized carbons (Fsp3) is 0.500. The van der Waals surface area contributed by atoms with E-state index in [0.29, 0.717) is 32.8 Å². The normalized spacial score (nSPS) is 17.9. The zero-order valence-electron chi connectivity index (χ0n) is 15.0. The molecule has 2 saturated heterocycles. The summed E-state index contributed by atoms with van der Waals surface area (Å²) in [6.07, 6.45) is 0. The van der Waals surface area contributed by atoms with E-state index in [2.05, 4.69) is 10.2 Å². The molecule has 2 heterocycles. The van der Waals surface area contributed by atoms with E-state index in [1.165, 1.54) is 17.0 Å². The van der Waals surface area contributed by atoms with Crippen molar-refractivity contribution in [3.05, 3.63) is 35.6 Å². The highest BCUT2D eigenvalue weighted by Gasteiger charge is 2.30. The average Bonchev–Trinajstić information content (AvgIpc) is 2.98. The van der Waals surface area contributed by atoms with Gasteiger partial charge in [-0.1, -0.05) is 12.1 Å². The second-order valence-electron chi connectivity index (χ2n) is 6.61. The van der Waals surface area contributed by atoms with Gasteiger partial charge in [-0.2, -0.15) is 0 Å². The van der Waals surface area contributed by atoms with E-state index in [-0.39, 0.29) is 24.8 Å². The van der Waals surface area contributed by atoms with E-state index in [0.717, 1.165) is 18.7 Å². The van der Waals surface area contributed by atoms with E-state index in [9.17, 15) is 18.8 Å². The van der Waals surface area contributed by atoms with Gasteiger partial charge in [0.1, 0.15) is 18.9 Å². The number of urea groups is 1. The van der Waals surface area contributed by atoms with E-state index in [1.54, 1.807) is 17.0 Å². The molecule has 8 nitrogen and oxygen atoms in total. The first-order valence-corrected chi connectivity index (χ1v) is 8.92. The Balaban J connectivity index is 1.63. The van der Waals surface area contributed by atoms with Crippen molar-refractivity contribution in [2.45, 2.75) is 6.54 Å². The standard InChI is InChI=1S/C18H23FN4O4/c19-15-3-1-14(2-4-15)11-22(6-5-21-7-9-27-10-8-21)17(25)13-23-12-16(24)20-18(23)26/h1-4H,5-13H2,(H,20,24,26). The zero-order chi connectivity index (χ0) is 19.2. The largest absolute Gasteiger partial charge is 0.379 e. The van der Waals surface area contributed by atoms with Crippen LogP contribution in [0.3, 0.4) is 0 Å². The smallest absolute Gasteiger partial charge is 0.325 e. The third-order valence-electron chi connectivity index (χ3n) is 4.62. The van der Waals surface area contributed by atoms with Crippen LogP contribution in [0.2, 0.25) is 0 Å². The minimum atomic E-state index is -0.553. The van der Waals surface area contributed by atoms with Crippen LogP contribution in [0.1, 0.15) is 5.56 Å². The summed E-state index contributed by atoms with van der Waals surface area (Å²) >= 11 is 0. The molecule has 0 unspecified atom stereocenters. The van der Waals surface area contributed by atoms with Gasteiger partial charge in [0.25, 0.3) is 0 Å². The molecule has 0 aliphatic carbocycles. The first kappa shape index (κ1) is 19.2. The lowest BCUT2D eigenvalue weighted by atomic mass is 10.2. The minimum absolute atomic E-state index is 0.113. The van der Waals surface area contributed by atoms with Crippen molar-refractivity contribution in [3.8, 4) is 0 Å². The van der Waals surface area contributed by atoms with Gasteiger partial charge in [0.15, 0.2) is 0 Å². The van der Waals surface area contributed by atoms with Crippen molar-refractivity contribution >= 4 is 17.8 Å². The minimum Gasteiger partial charge on any atom is -0.379 e. The molecule has 27 heavy (non-hydrogen) atoms. The molecular formula is C18H23FN4O4. The molecule has 1 aromatic rings. The Morgan fingerprint density at radius 2 is 1.89 bits per heavy atom. The SMILES string of the molecule is O=C1CN(CC(=O)N(CCN2CCOCC2)Cc2ccc(F)cc2)C(=O)N1.